The number of aromatic nitrogens is 2. The Kier molecular flexibility index (Phi) is 5.00. The Morgan fingerprint density at radius 2 is 1.81 bits per heavy atom. The van der Waals surface area contributed by atoms with Crippen molar-refractivity contribution >= 4 is 29.1 Å². The van der Waals surface area contributed by atoms with Crippen LogP contribution in [-0.2, 0) is 16.8 Å². The highest BCUT2D eigenvalue weighted by Gasteiger charge is 2.49. The lowest BCUT2D eigenvalue weighted by molar-refractivity contribution is -0.274. The van der Waals surface area contributed by atoms with Gasteiger partial charge in [0.2, 0.25) is 5.95 Å². The van der Waals surface area contributed by atoms with Gasteiger partial charge in [-0.2, -0.15) is 0 Å². The molecule has 9 heteroatoms. The summed E-state index contributed by atoms with van der Waals surface area (Å²) in [5.74, 6) is -0.0330. The largest absolute Gasteiger partial charge is 0.573 e. The Labute approximate surface area is 182 Å². The standard InChI is InChI=1S/C22H19ClF3N3O2/c1-13-8-16(23)10-17(9-13)28-19(30)21(3,29-14(2)12-27-20(28)29)11-15-4-6-18(7-5-15)31-22(24,25)26/h4-10,12H,11H2,1-3H3/t21-/m1/s1. The van der Waals surface area contributed by atoms with E-state index in [-0.39, 0.29) is 18.1 Å². The lowest BCUT2D eigenvalue weighted by Gasteiger charge is -2.26. The van der Waals surface area contributed by atoms with Crippen LogP contribution in [0.3, 0.4) is 0 Å². The zero-order chi connectivity index (χ0) is 22.6. The highest BCUT2D eigenvalue weighted by atomic mass is 35.5. The Hall–Kier alpha value is -3.00. The first-order chi connectivity index (χ1) is 14.5. The lowest BCUT2D eigenvalue weighted by atomic mass is 9.91. The number of imidazole rings is 1. The summed E-state index contributed by atoms with van der Waals surface area (Å²) < 4.78 is 43.1. The fourth-order valence-electron chi connectivity index (χ4n) is 4.06. The van der Waals surface area contributed by atoms with Crippen LogP contribution in [0, 0.1) is 13.8 Å². The number of carbonyl (C=O) groups is 1. The number of nitrogens with zero attached hydrogens (tertiary/aromatic N) is 3. The van der Waals surface area contributed by atoms with E-state index in [4.69, 9.17) is 11.6 Å². The Balaban J connectivity index is 1.71. The zero-order valence-corrected chi connectivity index (χ0v) is 17.8. The van der Waals surface area contributed by atoms with Gasteiger partial charge in [0, 0.05) is 17.1 Å². The highest BCUT2D eigenvalue weighted by molar-refractivity contribution is 6.31. The van der Waals surface area contributed by atoms with Gasteiger partial charge in [0.25, 0.3) is 5.91 Å². The van der Waals surface area contributed by atoms with Gasteiger partial charge in [0.15, 0.2) is 0 Å². The summed E-state index contributed by atoms with van der Waals surface area (Å²) in [6, 6.07) is 10.9. The van der Waals surface area contributed by atoms with Crippen LogP contribution in [0.25, 0.3) is 0 Å². The number of anilines is 2. The molecule has 0 saturated carbocycles. The van der Waals surface area contributed by atoms with Crippen LogP contribution in [0.4, 0.5) is 24.8 Å². The Morgan fingerprint density at radius 1 is 1.13 bits per heavy atom. The highest BCUT2D eigenvalue weighted by Crippen LogP contribution is 2.43. The van der Waals surface area contributed by atoms with Crippen LogP contribution in [0.1, 0.15) is 23.7 Å². The predicted molar refractivity (Wildman–Crippen MR) is 111 cm³/mol. The van der Waals surface area contributed by atoms with Crippen molar-refractivity contribution in [3.05, 3.63) is 70.5 Å². The summed E-state index contributed by atoms with van der Waals surface area (Å²) in [4.78, 5) is 19.6. The maximum Gasteiger partial charge on any atom is 0.573 e. The third-order valence-electron chi connectivity index (χ3n) is 5.27. The zero-order valence-electron chi connectivity index (χ0n) is 17.0. The fourth-order valence-corrected chi connectivity index (χ4v) is 4.34. The van der Waals surface area contributed by atoms with Gasteiger partial charge in [0.05, 0.1) is 11.9 Å². The first kappa shape index (κ1) is 21.2. The summed E-state index contributed by atoms with van der Waals surface area (Å²) in [5, 5.41) is 0.506. The molecule has 1 aliphatic rings. The third-order valence-corrected chi connectivity index (χ3v) is 5.49. The molecule has 2 aromatic carbocycles. The summed E-state index contributed by atoms with van der Waals surface area (Å²) in [6.45, 7) is 5.54. The molecule has 1 amide bonds. The van der Waals surface area contributed by atoms with Crippen LogP contribution in [-0.4, -0.2) is 21.8 Å². The lowest BCUT2D eigenvalue weighted by Crippen LogP contribution is -2.41. The van der Waals surface area contributed by atoms with Crippen molar-refractivity contribution in [2.24, 2.45) is 0 Å². The van der Waals surface area contributed by atoms with Gasteiger partial charge in [-0.1, -0.05) is 23.7 Å². The summed E-state index contributed by atoms with van der Waals surface area (Å²) in [7, 11) is 0. The normalized spacial score (nSPS) is 18.4. The van der Waals surface area contributed by atoms with Crippen molar-refractivity contribution < 1.29 is 22.7 Å². The fraction of sp³-hybridized carbons (Fsp3) is 0.273. The van der Waals surface area contributed by atoms with E-state index < -0.39 is 11.9 Å². The number of alkyl halides is 3. The second-order valence-corrected chi connectivity index (χ2v) is 8.24. The second-order valence-electron chi connectivity index (χ2n) is 7.80. The van der Waals surface area contributed by atoms with E-state index in [1.54, 1.807) is 25.3 Å². The summed E-state index contributed by atoms with van der Waals surface area (Å²) in [5.41, 5.74) is 1.98. The van der Waals surface area contributed by atoms with E-state index in [1.807, 2.05) is 24.5 Å². The SMILES string of the molecule is Cc1cc(Cl)cc(N2C(=O)[C@@](C)(Cc3ccc(OC(F)(F)F)cc3)n3c(C)cnc32)c1. The minimum atomic E-state index is -4.76. The van der Waals surface area contributed by atoms with Crippen molar-refractivity contribution in [2.75, 3.05) is 4.90 Å². The summed E-state index contributed by atoms with van der Waals surface area (Å²) >= 11 is 6.21. The average Bonchev–Trinajstić information content (AvgIpc) is 3.12. The van der Waals surface area contributed by atoms with Gasteiger partial charge < -0.3 is 4.74 Å². The van der Waals surface area contributed by atoms with Gasteiger partial charge in [-0.15, -0.1) is 13.2 Å². The molecule has 4 rings (SSSR count). The number of carbonyl (C=O) groups excluding carboxylic acids is 1. The monoisotopic (exact) mass is 449 g/mol. The van der Waals surface area contributed by atoms with Crippen molar-refractivity contribution in [1.29, 1.82) is 0 Å². The third kappa shape index (κ3) is 3.87. The van der Waals surface area contributed by atoms with E-state index >= 15 is 0 Å². The molecule has 31 heavy (non-hydrogen) atoms. The first-order valence-electron chi connectivity index (χ1n) is 9.49. The maximum atomic E-state index is 13.6. The molecule has 0 saturated heterocycles. The number of halogens is 4. The molecule has 1 aliphatic heterocycles. The van der Waals surface area contributed by atoms with Crippen LogP contribution in [0.5, 0.6) is 5.75 Å². The van der Waals surface area contributed by atoms with Crippen LogP contribution < -0.4 is 9.64 Å². The second kappa shape index (κ2) is 7.30. The van der Waals surface area contributed by atoms with Gasteiger partial charge in [-0.3, -0.25) is 9.36 Å². The Morgan fingerprint density at radius 3 is 2.42 bits per heavy atom. The van der Waals surface area contributed by atoms with Gasteiger partial charge >= 0.3 is 6.36 Å². The molecule has 0 spiro atoms. The molecule has 1 atom stereocenters. The van der Waals surface area contributed by atoms with Crippen LogP contribution in [0.2, 0.25) is 5.02 Å². The molecule has 0 N–H and O–H groups in total. The topological polar surface area (TPSA) is 47.4 Å². The molecule has 5 nitrogen and oxygen atoms in total. The molecule has 0 radical (unpaired) electrons. The number of hydrogen-bond donors (Lipinski definition) is 0. The first-order valence-corrected chi connectivity index (χ1v) is 9.87. The van der Waals surface area contributed by atoms with Gasteiger partial charge in [-0.25, -0.2) is 9.88 Å². The molecule has 2 heterocycles. The molecule has 162 valence electrons. The predicted octanol–water partition coefficient (Wildman–Crippen LogP) is 5.69. The van der Waals surface area contributed by atoms with E-state index in [0.717, 1.165) is 11.3 Å². The summed E-state index contributed by atoms with van der Waals surface area (Å²) in [6.07, 6.45) is -2.81. The van der Waals surface area contributed by atoms with Crippen molar-refractivity contribution in [1.82, 2.24) is 9.55 Å². The number of amides is 1. The molecule has 0 aliphatic carbocycles. The van der Waals surface area contributed by atoms with Crippen molar-refractivity contribution in [2.45, 2.75) is 39.1 Å². The van der Waals surface area contributed by atoms with Crippen molar-refractivity contribution in [3.63, 3.8) is 0 Å². The number of rotatable bonds is 4. The minimum absolute atomic E-state index is 0.198. The van der Waals surface area contributed by atoms with E-state index in [1.165, 1.54) is 29.2 Å². The Bertz CT molecular complexity index is 1140. The van der Waals surface area contributed by atoms with Gasteiger partial charge in [0.1, 0.15) is 11.3 Å². The smallest absolute Gasteiger partial charge is 0.406 e. The molecule has 3 aromatic rings. The van der Waals surface area contributed by atoms with E-state index in [2.05, 4.69) is 9.72 Å². The molecule has 0 unspecified atom stereocenters. The molecular formula is C22H19ClF3N3O2. The molecular weight excluding hydrogens is 431 g/mol. The molecule has 1 aromatic heterocycles. The number of benzene rings is 2. The number of hydrogen-bond acceptors (Lipinski definition) is 3. The van der Waals surface area contributed by atoms with Crippen molar-refractivity contribution in [3.8, 4) is 5.75 Å². The average molecular weight is 450 g/mol. The van der Waals surface area contributed by atoms with E-state index in [0.29, 0.717) is 22.2 Å². The number of aryl methyl sites for hydroxylation is 2. The quantitative estimate of drug-likeness (QED) is 0.514. The van der Waals surface area contributed by atoms with Crippen LogP contribution >= 0.6 is 11.6 Å². The number of fused-ring (bicyclic) bond motifs is 1. The van der Waals surface area contributed by atoms with E-state index in [9.17, 15) is 18.0 Å². The van der Waals surface area contributed by atoms with Gasteiger partial charge in [-0.05, 0) is 62.2 Å². The minimum Gasteiger partial charge on any atom is -0.406 e. The molecule has 0 bridgehead atoms. The molecule has 0 fully saturated rings. The maximum absolute atomic E-state index is 13.6. The van der Waals surface area contributed by atoms with Crippen LogP contribution in [0.15, 0.2) is 48.7 Å². The number of ether oxygens (including phenoxy) is 1.